The van der Waals surface area contributed by atoms with E-state index in [-0.39, 0.29) is 5.68 Å². The Morgan fingerprint density at radius 1 is 1.86 bits per heavy atom. The van der Waals surface area contributed by atoms with Crippen LogP contribution >= 0.6 is 0 Å². The van der Waals surface area contributed by atoms with E-state index < -0.39 is 6.10 Å². The van der Waals surface area contributed by atoms with Crippen molar-refractivity contribution < 1.29 is 9.90 Å². The highest BCUT2D eigenvalue weighted by Crippen LogP contribution is 1.78. The fourth-order valence-electron chi connectivity index (χ4n) is 0.241. The molecule has 0 fully saturated rings. The van der Waals surface area contributed by atoms with E-state index in [1.807, 2.05) is 0 Å². The first-order valence-corrected chi connectivity index (χ1v) is 2.19. The lowest BCUT2D eigenvalue weighted by molar-refractivity contribution is -0.118. The van der Waals surface area contributed by atoms with Crippen LogP contribution in [0.25, 0.3) is 0 Å². The molecule has 0 aliphatic heterocycles. The van der Waals surface area contributed by atoms with Crippen LogP contribution in [0, 0.1) is 0 Å². The van der Waals surface area contributed by atoms with E-state index >= 15 is 0 Å². The van der Waals surface area contributed by atoms with E-state index in [0.29, 0.717) is 0 Å². The maximum Gasteiger partial charge on any atom is 0.202 e. The van der Waals surface area contributed by atoms with E-state index in [1.54, 1.807) is 6.82 Å². The van der Waals surface area contributed by atoms with E-state index in [0.717, 1.165) is 0 Å². The van der Waals surface area contributed by atoms with Crippen molar-refractivity contribution >= 4 is 13.0 Å². The zero-order valence-electron chi connectivity index (χ0n) is 4.51. The number of aliphatic hydroxyl groups is 1. The maximum absolute atomic E-state index is 10.2. The second-order valence-electron chi connectivity index (χ2n) is 1.37. The topological polar surface area (TPSA) is 37.3 Å². The molecule has 0 aromatic heterocycles. The molecule has 1 N–H and O–H groups in total. The SMILES string of the molecule is C[B]C(=O)C(C)O. The first kappa shape index (κ1) is 6.69. The first-order chi connectivity index (χ1) is 3.18. The van der Waals surface area contributed by atoms with Crippen molar-refractivity contribution in [3.63, 3.8) is 0 Å². The van der Waals surface area contributed by atoms with Crippen LogP contribution in [0.1, 0.15) is 6.92 Å². The van der Waals surface area contributed by atoms with Gasteiger partial charge in [-0.2, -0.15) is 0 Å². The third-order valence-corrected chi connectivity index (χ3v) is 0.696. The number of carbonyl (C=O) groups excluding carboxylic acids is 1. The summed E-state index contributed by atoms with van der Waals surface area (Å²) in [7, 11) is 1.35. The molecule has 0 aromatic carbocycles. The van der Waals surface area contributed by atoms with E-state index in [1.165, 1.54) is 14.2 Å². The Hall–Kier alpha value is -0.305. The second-order valence-corrected chi connectivity index (χ2v) is 1.37. The molecule has 0 amide bonds. The van der Waals surface area contributed by atoms with Crippen LogP contribution < -0.4 is 0 Å². The Kier molecular flexibility index (Phi) is 2.68. The number of hydrogen-bond donors (Lipinski definition) is 1. The number of aliphatic hydroxyl groups excluding tert-OH is 1. The van der Waals surface area contributed by atoms with Crippen molar-refractivity contribution in [3.05, 3.63) is 0 Å². The predicted octanol–water partition coefficient (Wildman–Crippen LogP) is -0.354. The summed E-state index contributed by atoms with van der Waals surface area (Å²) >= 11 is 0. The van der Waals surface area contributed by atoms with Gasteiger partial charge in [-0.05, 0) is 6.92 Å². The summed E-state index contributed by atoms with van der Waals surface area (Å²) in [4.78, 5) is 10.2. The molecule has 1 atom stereocenters. The number of rotatable bonds is 2. The van der Waals surface area contributed by atoms with Crippen LogP contribution in [-0.4, -0.2) is 24.2 Å². The molecule has 0 rings (SSSR count). The quantitative estimate of drug-likeness (QED) is 0.480. The van der Waals surface area contributed by atoms with Gasteiger partial charge in [0.1, 0.15) is 5.68 Å². The average Bonchev–Trinajstić information content (AvgIpc) is 1.65. The van der Waals surface area contributed by atoms with Crippen LogP contribution in [0.3, 0.4) is 0 Å². The molecule has 0 spiro atoms. The maximum atomic E-state index is 10.2. The van der Waals surface area contributed by atoms with Crippen molar-refractivity contribution in [2.24, 2.45) is 0 Å². The zero-order valence-corrected chi connectivity index (χ0v) is 4.51. The zero-order chi connectivity index (χ0) is 5.86. The molecule has 0 aromatic rings. The van der Waals surface area contributed by atoms with E-state index in [2.05, 4.69) is 0 Å². The Balaban J connectivity index is 3.35. The third kappa shape index (κ3) is 2.40. The van der Waals surface area contributed by atoms with Gasteiger partial charge in [-0.3, -0.25) is 0 Å². The van der Waals surface area contributed by atoms with Crippen molar-refractivity contribution in [3.8, 4) is 0 Å². The normalized spacial score (nSPS) is 13.0. The minimum absolute atomic E-state index is 0.222. The van der Waals surface area contributed by atoms with Gasteiger partial charge in [0.05, 0.1) is 6.10 Å². The highest BCUT2D eigenvalue weighted by Gasteiger charge is 2.03. The fraction of sp³-hybridized carbons (Fsp3) is 0.750. The Morgan fingerprint density at radius 3 is 2.29 bits per heavy atom. The number of hydrogen-bond acceptors (Lipinski definition) is 2. The summed E-state index contributed by atoms with van der Waals surface area (Å²) in [6.45, 7) is 3.05. The van der Waals surface area contributed by atoms with E-state index in [4.69, 9.17) is 5.11 Å². The first-order valence-electron chi connectivity index (χ1n) is 2.19. The van der Waals surface area contributed by atoms with Gasteiger partial charge in [0, 0.05) is 0 Å². The lowest BCUT2D eigenvalue weighted by Gasteiger charge is -1.95. The van der Waals surface area contributed by atoms with Gasteiger partial charge < -0.3 is 9.90 Å². The Labute approximate surface area is 43.8 Å². The summed E-state index contributed by atoms with van der Waals surface area (Å²) in [5, 5.41) is 8.44. The van der Waals surface area contributed by atoms with Gasteiger partial charge in [-0.15, -0.1) is 0 Å². The molecule has 39 valence electrons. The minimum Gasteiger partial charge on any atom is -0.387 e. The molecule has 0 saturated carbocycles. The molecule has 1 radical (unpaired) electrons. The predicted molar refractivity (Wildman–Crippen MR) is 28.3 cm³/mol. The van der Waals surface area contributed by atoms with Crippen molar-refractivity contribution in [2.75, 3.05) is 0 Å². The van der Waals surface area contributed by atoms with Gasteiger partial charge in [-0.25, -0.2) is 0 Å². The number of carbonyl (C=O) groups is 1. The standard InChI is InChI=1S/C4H8BO2/c1-3(6)4(7)5-2/h3,6H,1-2H3. The van der Waals surface area contributed by atoms with Crippen LogP contribution in [0.5, 0.6) is 0 Å². The summed E-state index contributed by atoms with van der Waals surface area (Å²) in [5.41, 5.74) is -0.222. The van der Waals surface area contributed by atoms with Gasteiger partial charge in [0.25, 0.3) is 0 Å². The average molecular weight is 98.9 g/mol. The molecule has 1 unspecified atom stereocenters. The Bertz CT molecular complexity index is 70.1. The molecular weight excluding hydrogens is 90.9 g/mol. The summed E-state index contributed by atoms with van der Waals surface area (Å²) in [5.74, 6) is 0. The van der Waals surface area contributed by atoms with E-state index in [9.17, 15) is 4.79 Å². The van der Waals surface area contributed by atoms with Gasteiger partial charge in [0.15, 0.2) is 0 Å². The fourth-order valence-corrected chi connectivity index (χ4v) is 0.241. The highest BCUT2D eigenvalue weighted by molar-refractivity contribution is 6.73. The molecule has 7 heavy (non-hydrogen) atoms. The summed E-state index contributed by atoms with van der Waals surface area (Å²) in [6, 6.07) is 0. The molecular formula is C4H8BO2. The monoisotopic (exact) mass is 99.1 g/mol. The smallest absolute Gasteiger partial charge is 0.202 e. The highest BCUT2D eigenvalue weighted by atomic mass is 16.3. The van der Waals surface area contributed by atoms with Crippen molar-refractivity contribution in [1.29, 1.82) is 0 Å². The minimum atomic E-state index is -0.829. The molecule has 0 aliphatic rings. The molecule has 0 saturated heterocycles. The molecule has 0 aliphatic carbocycles. The van der Waals surface area contributed by atoms with Gasteiger partial charge in [-0.1, -0.05) is 6.82 Å². The lowest BCUT2D eigenvalue weighted by Crippen LogP contribution is -2.20. The largest absolute Gasteiger partial charge is 0.387 e. The van der Waals surface area contributed by atoms with Gasteiger partial charge in [0.2, 0.25) is 7.28 Å². The Morgan fingerprint density at radius 2 is 2.29 bits per heavy atom. The van der Waals surface area contributed by atoms with Crippen LogP contribution in [0.4, 0.5) is 0 Å². The van der Waals surface area contributed by atoms with Gasteiger partial charge >= 0.3 is 0 Å². The molecule has 0 heterocycles. The second kappa shape index (κ2) is 2.80. The van der Waals surface area contributed by atoms with Crippen LogP contribution in [0.15, 0.2) is 0 Å². The molecule has 3 heteroatoms. The summed E-state index contributed by atoms with van der Waals surface area (Å²) < 4.78 is 0. The van der Waals surface area contributed by atoms with Crippen LogP contribution in [0.2, 0.25) is 6.82 Å². The van der Waals surface area contributed by atoms with Crippen molar-refractivity contribution in [2.45, 2.75) is 19.9 Å². The molecule has 2 nitrogen and oxygen atoms in total. The summed E-state index contributed by atoms with van der Waals surface area (Å²) in [6.07, 6.45) is -0.829. The van der Waals surface area contributed by atoms with Crippen LogP contribution in [-0.2, 0) is 4.79 Å². The lowest BCUT2D eigenvalue weighted by atomic mass is 9.74. The molecule has 0 bridgehead atoms. The third-order valence-electron chi connectivity index (χ3n) is 0.696. The van der Waals surface area contributed by atoms with Crippen molar-refractivity contribution in [1.82, 2.24) is 0 Å².